The highest BCUT2D eigenvalue weighted by molar-refractivity contribution is 6.35. The molecule has 27 heavy (non-hydrogen) atoms. The molecule has 0 aliphatic carbocycles. The minimum absolute atomic E-state index is 0.201. The maximum absolute atomic E-state index is 12.5. The van der Waals surface area contributed by atoms with Gasteiger partial charge in [-0.1, -0.05) is 11.8 Å². The number of nitrogens with one attached hydrogen (secondary N) is 1. The van der Waals surface area contributed by atoms with Crippen LogP contribution in [-0.4, -0.2) is 22.6 Å². The zero-order chi connectivity index (χ0) is 18.8. The van der Waals surface area contributed by atoms with E-state index in [9.17, 15) is 4.79 Å². The number of methoxy groups -OCH3 is 1. The van der Waals surface area contributed by atoms with E-state index in [1.54, 1.807) is 48.6 Å². The van der Waals surface area contributed by atoms with Crippen LogP contribution < -0.4 is 15.8 Å². The summed E-state index contributed by atoms with van der Waals surface area (Å²) < 4.78 is 6.96. The molecule has 3 N–H and O–H groups in total. The molecule has 0 atom stereocenters. The normalized spacial score (nSPS) is 13.7. The maximum Gasteiger partial charge on any atom is 0.257 e. The molecule has 3 aromatic rings. The summed E-state index contributed by atoms with van der Waals surface area (Å²) >= 11 is 0. The molecule has 1 aliphatic heterocycles. The SMILES string of the molecule is COc1ccn(C=C2C(=O)Nc3ccc(N)c(C#Cc4cccnc4)c32)c1. The maximum atomic E-state index is 12.5. The van der Waals surface area contributed by atoms with E-state index < -0.39 is 0 Å². The average Bonchev–Trinajstić information content (AvgIpc) is 3.27. The van der Waals surface area contributed by atoms with Crippen molar-refractivity contribution in [1.82, 2.24) is 9.55 Å². The number of hydrogen-bond acceptors (Lipinski definition) is 4. The number of rotatable bonds is 2. The molecule has 6 heteroatoms. The van der Waals surface area contributed by atoms with E-state index in [1.807, 2.05) is 24.4 Å². The van der Waals surface area contributed by atoms with Gasteiger partial charge in [0.1, 0.15) is 5.75 Å². The van der Waals surface area contributed by atoms with Crippen LogP contribution in [0.25, 0.3) is 11.8 Å². The minimum Gasteiger partial charge on any atom is -0.495 e. The van der Waals surface area contributed by atoms with Gasteiger partial charge in [0, 0.05) is 41.6 Å². The van der Waals surface area contributed by atoms with E-state index in [0.717, 1.165) is 5.56 Å². The Kier molecular flexibility index (Phi) is 4.11. The van der Waals surface area contributed by atoms with E-state index in [0.29, 0.717) is 33.8 Å². The second-order valence-corrected chi connectivity index (χ2v) is 5.94. The standard InChI is InChI=1S/C21H16N4O2/c1-27-15-8-10-25(12-15)13-17-20-16(5-4-14-3-2-9-23-11-14)18(22)6-7-19(20)24-21(17)26/h2-3,6-13H,22H2,1H3,(H,24,26). The summed E-state index contributed by atoms with van der Waals surface area (Å²) in [5.41, 5.74) is 9.95. The largest absolute Gasteiger partial charge is 0.495 e. The molecule has 132 valence electrons. The molecule has 0 radical (unpaired) electrons. The molecular formula is C21H16N4O2. The lowest BCUT2D eigenvalue weighted by Crippen LogP contribution is -2.04. The summed E-state index contributed by atoms with van der Waals surface area (Å²) in [6.07, 6.45) is 8.70. The number of hydrogen-bond donors (Lipinski definition) is 2. The molecule has 0 saturated carbocycles. The molecule has 0 fully saturated rings. The number of benzene rings is 1. The Hall–Kier alpha value is -3.98. The fourth-order valence-corrected chi connectivity index (χ4v) is 2.88. The topological polar surface area (TPSA) is 82.2 Å². The minimum atomic E-state index is -0.201. The van der Waals surface area contributed by atoms with Gasteiger partial charge < -0.3 is 20.4 Å². The predicted molar refractivity (Wildman–Crippen MR) is 105 cm³/mol. The van der Waals surface area contributed by atoms with Crippen molar-refractivity contribution in [3.8, 4) is 17.6 Å². The quantitative estimate of drug-likeness (QED) is 0.420. The van der Waals surface area contributed by atoms with Gasteiger partial charge in [-0.2, -0.15) is 0 Å². The van der Waals surface area contributed by atoms with E-state index in [1.165, 1.54) is 0 Å². The molecular weight excluding hydrogens is 340 g/mol. The van der Waals surface area contributed by atoms with Crippen LogP contribution in [0.4, 0.5) is 11.4 Å². The number of ether oxygens (including phenoxy) is 1. The number of nitrogens with zero attached hydrogens (tertiary/aromatic N) is 2. The number of fused-ring (bicyclic) bond motifs is 1. The predicted octanol–water partition coefficient (Wildman–Crippen LogP) is 2.82. The van der Waals surface area contributed by atoms with Gasteiger partial charge >= 0.3 is 0 Å². The second kappa shape index (κ2) is 6.73. The first kappa shape index (κ1) is 16.5. The molecule has 4 rings (SSSR count). The van der Waals surface area contributed by atoms with Crippen LogP contribution in [0.15, 0.2) is 55.1 Å². The van der Waals surface area contributed by atoms with Crippen LogP contribution in [-0.2, 0) is 4.79 Å². The van der Waals surface area contributed by atoms with Crippen molar-refractivity contribution in [2.45, 2.75) is 0 Å². The van der Waals surface area contributed by atoms with Crippen molar-refractivity contribution < 1.29 is 9.53 Å². The Balaban J connectivity index is 1.83. The second-order valence-electron chi connectivity index (χ2n) is 5.94. The molecule has 1 aromatic carbocycles. The molecule has 1 amide bonds. The van der Waals surface area contributed by atoms with Gasteiger partial charge in [0.15, 0.2) is 0 Å². The first-order valence-corrected chi connectivity index (χ1v) is 8.25. The van der Waals surface area contributed by atoms with Gasteiger partial charge in [0.2, 0.25) is 0 Å². The van der Waals surface area contributed by atoms with Gasteiger partial charge in [0.25, 0.3) is 5.91 Å². The zero-order valence-electron chi connectivity index (χ0n) is 14.6. The fourth-order valence-electron chi connectivity index (χ4n) is 2.88. The van der Waals surface area contributed by atoms with E-state index in [2.05, 4.69) is 22.1 Å². The zero-order valence-corrected chi connectivity index (χ0v) is 14.6. The number of aromatic nitrogens is 2. The lowest BCUT2D eigenvalue weighted by Gasteiger charge is -2.06. The highest BCUT2D eigenvalue weighted by atomic mass is 16.5. The number of pyridine rings is 1. The number of carbonyl (C=O) groups is 1. The Morgan fingerprint density at radius 2 is 2.15 bits per heavy atom. The highest BCUT2D eigenvalue weighted by Gasteiger charge is 2.28. The third-order valence-electron chi connectivity index (χ3n) is 4.19. The van der Waals surface area contributed by atoms with Gasteiger partial charge in [-0.25, -0.2) is 0 Å². The van der Waals surface area contributed by atoms with Crippen LogP contribution >= 0.6 is 0 Å². The number of amides is 1. The number of nitrogens with two attached hydrogens (primary N) is 1. The van der Waals surface area contributed by atoms with Gasteiger partial charge in [-0.15, -0.1) is 0 Å². The average molecular weight is 356 g/mol. The van der Waals surface area contributed by atoms with E-state index in [-0.39, 0.29) is 5.91 Å². The van der Waals surface area contributed by atoms with Crippen LogP contribution in [0.2, 0.25) is 0 Å². The Bertz CT molecular complexity index is 1120. The third kappa shape index (κ3) is 3.14. The van der Waals surface area contributed by atoms with Crippen molar-refractivity contribution in [2.24, 2.45) is 0 Å². The Morgan fingerprint density at radius 3 is 2.89 bits per heavy atom. The molecule has 2 aromatic heterocycles. The molecule has 6 nitrogen and oxygen atoms in total. The Morgan fingerprint density at radius 1 is 1.26 bits per heavy atom. The number of nitrogen functional groups attached to an aromatic ring is 1. The molecule has 0 bridgehead atoms. The monoisotopic (exact) mass is 356 g/mol. The molecule has 3 heterocycles. The molecule has 1 aliphatic rings. The van der Waals surface area contributed by atoms with Crippen molar-refractivity contribution in [3.05, 3.63) is 71.8 Å². The summed E-state index contributed by atoms with van der Waals surface area (Å²) in [5.74, 6) is 6.66. The molecule has 0 unspecified atom stereocenters. The van der Waals surface area contributed by atoms with Crippen molar-refractivity contribution in [3.63, 3.8) is 0 Å². The van der Waals surface area contributed by atoms with E-state index >= 15 is 0 Å². The van der Waals surface area contributed by atoms with Crippen LogP contribution in [0.1, 0.15) is 16.7 Å². The van der Waals surface area contributed by atoms with Crippen molar-refractivity contribution in [1.29, 1.82) is 0 Å². The fraction of sp³-hybridized carbons (Fsp3) is 0.0476. The van der Waals surface area contributed by atoms with Gasteiger partial charge in [-0.05, 0) is 30.3 Å². The Labute approximate surface area is 156 Å². The van der Waals surface area contributed by atoms with Gasteiger partial charge in [0.05, 0.1) is 30.1 Å². The highest BCUT2D eigenvalue weighted by Crippen LogP contribution is 2.37. The summed E-state index contributed by atoms with van der Waals surface area (Å²) in [5, 5.41) is 2.87. The van der Waals surface area contributed by atoms with Crippen LogP contribution in [0.3, 0.4) is 0 Å². The smallest absolute Gasteiger partial charge is 0.257 e. The molecule has 0 saturated heterocycles. The summed E-state index contributed by atoms with van der Waals surface area (Å²) in [6.45, 7) is 0. The lowest BCUT2D eigenvalue weighted by molar-refractivity contribution is -0.110. The lowest BCUT2D eigenvalue weighted by atomic mass is 9.99. The molecule has 0 spiro atoms. The summed E-state index contributed by atoms with van der Waals surface area (Å²) in [7, 11) is 1.59. The van der Waals surface area contributed by atoms with Crippen LogP contribution in [0.5, 0.6) is 5.75 Å². The van der Waals surface area contributed by atoms with Crippen LogP contribution in [0, 0.1) is 11.8 Å². The third-order valence-corrected chi connectivity index (χ3v) is 4.19. The summed E-state index contributed by atoms with van der Waals surface area (Å²) in [4.78, 5) is 16.6. The van der Waals surface area contributed by atoms with E-state index in [4.69, 9.17) is 10.5 Å². The first-order chi connectivity index (χ1) is 13.2. The van der Waals surface area contributed by atoms with Crippen molar-refractivity contribution in [2.75, 3.05) is 18.2 Å². The number of anilines is 2. The number of carbonyl (C=O) groups excluding carboxylic acids is 1. The first-order valence-electron chi connectivity index (χ1n) is 8.25. The summed E-state index contributed by atoms with van der Waals surface area (Å²) in [6, 6.07) is 9.03. The van der Waals surface area contributed by atoms with Crippen molar-refractivity contribution >= 4 is 29.1 Å². The van der Waals surface area contributed by atoms with Gasteiger partial charge in [-0.3, -0.25) is 9.78 Å².